The van der Waals surface area contributed by atoms with E-state index in [1.54, 1.807) is 6.92 Å². The molecular formula is C16H14F3NO2. The summed E-state index contributed by atoms with van der Waals surface area (Å²) in [7, 11) is 1.23. The number of halogens is 3. The lowest BCUT2D eigenvalue weighted by molar-refractivity contribution is -0.137. The van der Waals surface area contributed by atoms with Crippen LogP contribution in [-0.2, 0) is 10.9 Å². The molecule has 0 aliphatic carbocycles. The van der Waals surface area contributed by atoms with E-state index in [4.69, 9.17) is 5.73 Å². The molecule has 0 bridgehead atoms. The molecule has 6 heteroatoms. The Morgan fingerprint density at radius 1 is 1.14 bits per heavy atom. The molecule has 0 fully saturated rings. The molecule has 22 heavy (non-hydrogen) atoms. The van der Waals surface area contributed by atoms with E-state index in [0.717, 1.165) is 12.1 Å². The Morgan fingerprint density at radius 3 is 2.41 bits per heavy atom. The number of benzene rings is 2. The van der Waals surface area contributed by atoms with Gasteiger partial charge >= 0.3 is 12.1 Å². The van der Waals surface area contributed by atoms with Gasteiger partial charge in [-0.05, 0) is 47.9 Å². The second kappa shape index (κ2) is 5.71. The van der Waals surface area contributed by atoms with E-state index in [1.807, 2.05) is 0 Å². The van der Waals surface area contributed by atoms with Crippen molar-refractivity contribution >= 4 is 11.7 Å². The number of hydrogen-bond acceptors (Lipinski definition) is 3. The van der Waals surface area contributed by atoms with Gasteiger partial charge in [0, 0.05) is 5.69 Å². The minimum absolute atomic E-state index is 0.231. The molecule has 0 spiro atoms. The van der Waals surface area contributed by atoms with Crippen LogP contribution in [0, 0.1) is 6.92 Å². The first kappa shape index (κ1) is 15.9. The molecule has 0 heterocycles. The topological polar surface area (TPSA) is 52.3 Å². The van der Waals surface area contributed by atoms with Gasteiger partial charge in [-0.25, -0.2) is 4.79 Å². The molecule has 2 N–H and O–H groups in total. The maximum atomic E-state index is 12.8. The van der Waals surface area contributed by atoms with Crippen LogP contribution in [-0.4, -0.2) is 13.1 Å². The largest absolute Gasteiger partial charge is 0.465 e. The molecule has 0 saturated heterocycles. The van der Waals surface area contributed by atoms with Crippen molar-refractivity contribution in [3.63, 3.8) is 0 Å². The average Bonchev–Trinajstić information content (AvgIpc) is 2.48. The summed E-state index contributed by atoms with van der Waals surface area (Å²) >= 11 is 0. The maximum absolute atomic E-state index is 12.8. The average molecular weight is 309 g/mol. The molecule has 2 aromatic rings. The molecule has 3 nitrogen and oxygen atoms in total. The molecule has 0 atom stereocenters. The van der Waals surface area contributed by atoms with Gasteiger partial charge in [-0.3, -0.25) is 0 Å². The monoisotopic (exact) mass is 309 g/mol. The first-order chi connectivity index (χ1) is 10.2. The number of carbonyl (C=O) groups excluding carboxylic acids is 1. The number of hydrogen-bond donors (Lipinski definition) is 1. The van der Waals surface area contributed by atoms with Gasteiger partial charge in [0.15, 0.2) is 0 Å². The number of rotatable bonds is 2. The minimum atomic E-state index is -4.43. The highest BCUT2D eigenvalue weighted by Crippen LogP contribution is 2.33. The standard InChI is InChI=1S/C16H14F3NO2/c1-9-13(15(21)22-2)7-11(8-14(9)20)10-4-3-5-12(6-10)16(17,18)19/h3-8H,20H2,1-2H3. The Labute approximate surface area is 125 Å². The fraction of sp³-hybridized carbons (Fsp3) is 0.188. The maximum Gasteiger partial charge on any atom is 0.416 e. The summed E-state index contributed by atoms with van der Waals surface area (Å²) < 4.78 is 43.0. The van der Waals surface area contributed by atoms with E-state index in [9.17, 15) is 18.0 Å². The summed E-state index contributed by atoms with van der Waals surface area (Å²) in [6.45, 7) is 1.65. The molecule has 2 rings (SSSR count). The molecule has 0 amide bonds. The molecule has 2 aromatic carbocycles. The van der Waals surface area contributed by atoms with Crippen LogP contribution in [0.2, 0.25) is 0 Å². The third kappa shape index (κ3) is 3.05. The number of ether oxygens (including phenoxy) is 1. The number of anilines is 1. The number of methoxy groups -OCH3 is 1. The number of nitrogen functional groups attached to an aromatic ring is 1. The molecule has 0 radical (unpaired) electrons. The Balaban J connectivity index is 2.59. The van der Waals surface area contributed by atoms with Gasteiger partial charge in [-0.1, -0.05) is 12.1 Å². The van der Waals surface area contributed by atoms with E-state index in [0.29, 0.717) is 22.4 Å². The van der Waals surface area contributed by atoms with Crippen molar-refractivity contribution in [2.24, 2.45) is 0 Å². The van der Waals surface area contributed by atoms with E-state index in [-0.39, 0.29) is 5.56 Å². The first-order valence-corrected chi connectivity index (χ1v) is 6.40. The van der Waals surface area contributed by atoms with Gasteiger partial charge in [-0.15, -0.1) is 0 Å². The van der Waals surface area contributed by atoms with Crippen molar-refractivity contribution in [3.8, 4) is 11.1 Å². The third-order valence-electron chi connectivity index (χ3n) is 3.38. The van der Waals surface area contributed by atoms with Crippen molar-refractivity contribution in [1.82, 2.24) is 0 Å². The van der Waals surface area contributed by atoms with E-state index in [2.05, 4.69) is 4.74 Å². The van der Waals surface area contributed by atoms with Crippen LogP contribution < -0.4 is 5.73 Å². The molecule has 0 aliphatic rings. The predicted molar refractivity (Wildman–Crippen MR) is 77.4 cm³/mol. The van der Waals surface area contributed by atoms with Gasteiger partial charge in [0.05, 0.1) is 18.2 Å². The van der Waals surface area contributed by atoms with E-state index >= 15 is 0 Å². The number of carbonyl (C=O) groups is 1. The zero-order valence-electron chi connectivity index (χ0n) is 12.0. The second-order valence-corrected chi connectivity index (χ2v) is 4.81. The molecule has 116 valence electrons. The predicted octanol–water partition coefficient (Wildman–Crippen LogP) is 4.05. The van der Waals surface area contributed by atoms with Gasteiger partial charge in [0.25, 0.3) is 0 Å². The fourth-order valence-corrected chi connectivity index (χ4v) is 2.10. The lowest BCUT2D eigenvalue weighted by Gasteiger charge is -2.12. The van der Waals surface area contributed by atoms with Crippen molar-refractivity contribution in [2.45, 2.75) is 13.1 Å². The molecule has 0 aliphatic heterocycles. The molecule has 0 saturated carbocycles. The highest BCUT2D eigenvalue weighted by molar-refractivity contribution is 5.94. The van der Waals surface area contributed by atoms with Crippen LogP contribution >= 0.6 is 0 Å². The Kier molecular flexibility index (Phi) is 4.12. The zero-order valence-corrected chi connectivity index (χ0v) is 12.0. The van der Waals surface area contributed by atoms with Crippen LogP contribution in [0.1, 0.15) is 21.5 Å². The van der Waals surface area contributed by atoms with Gasteiger partial charge in [-0.2, -0.15) is 13.2 Å². The SMILES string of the molecule is COC(=O)c1cc(-c2cccc(C(F)(F)F)c2)cc(N)c1C. The lowest BCUT2D eigenvalue weighted by Crippen LogP contribution is -2.07. The van der Waals surface area contributed by atoms with Crippen LogP contribution in [0.3, 0.4) is 0 Å². The van der Waals surface area contributed by atoms with Gasteiger partial charge in [0.1, 0.15) is 0 Å². The summed E-state index contributed by atoms with van der Waals surface area (Å²) in [6, 6.07) is 7.87. The van der Waals surface area contributed by atoms with Crippen LogP contribution in [0.4, 0.5) is 18.9 Å². The van der Waals surface area contributed by atoms with Gasteiger partial charge in [0.2, 0.25) is 0 Å². The van der Waals surface area contributed by atoms with E-state index < -0.39 is 17.7 Å². The molecular weight excluding hydrogens is 295 g/mol. The summed E-state index contributed by atoms with van der Waals surface area (Å²) in [5, 5.41) is 0. The second-order valence-electron chi connectivity index (χ2n) is 4.81. The highest BCUT2D eigenvalue weighted by Gasteiger charge is 2.30. The first-order valence-electron chi connectivity index (χ1n) is 6.40. The van der Waals surface area contributed by atoms with Gasteiger partial charge < -0.3 is 10.5 Å². The third-order valence-corrected chi connectivity index (χ3v) is 3.38. The van der Waals surface area contributed by atoms with Crippen molar-refractivity contribution in [1.29, 1.82) is 0 Å². The molecule has 0 unspecified atom stereocenters. The Hall–Kier alpha value is -2.50. The fourth-order valence-electron chi connectivity index (χ4n) is 2.10. The van der Waals surface area contributed by atoms with E-state index in [1.165, 1.54) is 31.4 Å². The highest BCUT2D eigenvalue weighted by atomic mass is 19.4. The van der Waals surface area contributed by atoms with Crippen molar-refractivity contribution in [3.05, 3.63) is 53.1 Å². The number of alkyl halides is 3. The van der Waals surface area contributed by atoms with Crippen LogP contribution in [0.25, 0.3) is 11.1 Å². The van der Waals surface area contributed by atoms with Crippen molar-refractivity contribution in [2.75, 3.05) is 12.8 Å². The van der Waals surface area contributed by atoms with Crippen molar-refractivity contribution < 1.29 is 22.7 Å². The summed E-state index contributed by atoms with van der Waals surface area (Å²) in [6.07, 6.45) is -4.43. The van der Waals surface area contributed by atoms with Crippen LogP contribution in [0.15, 0.2) is 36.4 Å². The Bertz CT molecular complexity index is 724. The number of esters is 1. The minimum Gasteiger partial charge on any atom is -0.465 e. The zero-order chi connectivity index (χ0) is 16.5. The Morgan fingerprint density at radius 2 is 1.82 bits per heavy atom. The molecule has 0 aromatic heterocycles. The quantitative estimate of drug-likeness (QED) is 0.672. The normalized spacial score (nSPS) is 11.3. The lowest BCUT2D eigenvalue weighted by atomic mass is 9.97. The van der Waals surface area contributed by atoms with Crippen LogP contribution in [0.5, 0.6) is 0 Å². The number of nitrogens with two attached hydrogens (primary N) is 1. The summed E-state index contributed by atoms with van der Waals surface area (Å²) in [4.78, 5) is 11.7. The summed E-state index contributed by atoms with van der Waals surface area (Å²) in [5.41, 5.74) is 6.91. The smallest absolute Gasteiger partial charge is 0.416 e. The summed E-state index contributed by atoms with van der Waals surface area (Å²) in [5.74, 6) is -0.585.